The van der Waals surface area contributed by atoms with Gasteiger partial charge in [0.2, 0.25) is 0 Å². The Morgan fingerprint density at radius 2 is 2.00 bits per heavy atom. The number of methoxy groups -OCH3 is 1. The monoisotopic (exact) mass is 429 g/mol. The first-order valence-electron chi connectivity index (χ1n) is 7.15. The standard InChI is InChI=1S/C16H23N5O.HI/c1-17-16(18-11-14-9-10-19-21(14)3)20(2)12-13-5-7-15(22-4)8-6-13;/h5-10H,11-12H2,1-4H3,(H,17,18);1H. The number of aromatic nitrogens is 2. The second kappa shape index (κ2) is 9.39. The maximum atomic E-state index is 5.18. The smallest absolute Gasteiger partial charge is 0.194 e. The van der Waals surface area contributed by atoms with E-state index in [9.17, 15) is 0 Å². The van der Waals surface area contributed by atoms with Crippen molar-refractivity contribution in [2.24, 2.45) is 12.0 Å². The van der Waals surface area contributed by atoms with Gasteiger partial charge in [-0.05, 0) is 23.8 Å². The first-order valence-corrected chi connectivity index (χ1v) is 7.15. The summed E-state index contributed by atoms with van der Waals surface area (Å²) in [6.45, 7) is 1.46. The van der Waals surface area contributed by atoms with E-state index in [1.165, 1.54) is 5.56 Å². The molecule has 1 heterocycles. The lowest BCUT2D eigenvalue weighted by atomic mass is 10.2. The van der Waals surface area contributed by atoms with Gasteiger partial charge in [-0.25, -0.2) is 0 Å². The van der Waals surface area contributed by atoms with Crippen molar-refractivity contribution in [3.8, 4) is 5.75 Å². The summed E-state index contributed by atoms with van der Waals surface area (Å²) in [5, 5.41) is 7.51. The van der Waals surface area contributed by atoms with Crippen LogP contribution in [-0.4, -0.2) is 41.8 Å². The predicted molar refractivity (Wildman–Crippen MR) is 103 cm³/mol. The number of aliphatic imine (C=N–C) groups is 1. The van der Waals surface area contributed by atoms with Crippen LogP contribution in [0.1, 0.15) is 11.3 Å². The number of nitrogens with one attached hydrogen (secondary N) is 1. The van der Waals surface area contributed by atoms with Gasteiger partial charge in [-0.15, -0.1) is 24.0 Å². The Hall–Kier alpha value is -1.77. The van der Waals surface area contributed by atoms with Crippen LogP contribution >= 0.6 is 24.0 Å². The van der Waals surface area contributed by atoms with Gasteiger partial charge in [-0.3, -0.25) is 9.67 Å². The molecule has 7 heteroatoms. The minimum Gasteiger partial charge on any atom is -0.497 e. The number of ether oxygens (including phenoxy) is 1. The van der Waals surface area contributed by atoms with Crippen LogP contribution in [-0.2, 0) is 20.1 Å². The fourth-order valence-electron chi connectivity index (χ4n) is 2.21. The highest BCUT2D eigenvalue weighted by Crippen LogP contribution is 2.12. The van der Waals surface area contributed by atoms with E-state index in [1.54, 1.807) is 20.4 Å². The first kappa shape index (κ1) is 19.3. The number of guanidine groups is 1. The van der Waals surface area contributed by atoms with E-state index in [-0.39, 0.29) is 24.0 Å². The van der Waals surface area contributed by atoms with Crippen LogP contribution < -0.4 is 10.1 Å². The summed E-state index contributed by atoms with van der Waals surface area (Å²) in [5.74, 6) is 1.71. The van der Waals surface area contributed by atoms with Crippen molar-refractivity contribution in [1.82, 2.24) is 20.0 Å². The topological polar surface area (TPSA) is 54.7 Å². The lowest BCUT2D eigenvalue weighted by Crippen LogP contribution is -2.38. The Labute approximate surface area is 154 Å². The van der Waals surface area contributed by atoms with Crippen molar-refractivity contribution in [3.05, 3.63) is 47.8 Å². The minimum atomic E-state index is 0. The van der Waals surface area contributed by atoms with Gasteiger partial charge in [0.25, 0.3) is 0 Å². The Morgan fingerprint density at radius 1 is 1.30 bits per heavy atom. The van der Waals surface area contributed by atoms with E-state index >= 15 is 0 Å². The first-order chi connectivity index (χ1) is 10.6. The number of halogens is 1. The van der Waals surface area contributed by atoms with Crippen LogP contribution in [0.15, 0.2) is 41.5 Å². The maximum absolute atomic E-state index is 5.18. The van der Waals surface area contributed by atoms with Crippen molar-refractivity contribution >= 4 is 29.9 Å². The van der Waals surface area contributed by atoms with E-state index in [4.69, 9.17) is 4.74 Å². The second-order valence-electron chi connectivity index (χ2n) is 5.05. The lowest BCUT2D eigenvalue weighted by molar-refractivity contribution is 0.414. The number of benzene rings is 1. The van der Waals surface area contributed by atoms with Crippen LogP contribution in [0.2, 0.25) is 0 Å². The molecule has 0 spiro atoms. The molecule has 0 radical (unpaired) electrons. The maximum Gasteiger partial charge on any atom is 0.194 e. The normalized spacial score (nSPS) is 10.9. The molecule has 126 valence electrons. The lowest BCUT2D eigenvalue weighted by Gasteiger charge is -2.22. The van der Waals surface area contributed by atoms with Gasteiger partial charge in [-0.1, -0.05) is 12.1 Å². The second-order valence-corrected chi connectivity index (χ2v) is 5.05. The summed E-state index contributed by atoms with van der Waals surface area (Å²) < 4.78 is 7.03. The third-order valence-electron chi connectivity index (χ3n) is 3.50. The summed E-state index contributed by atoms with van der Waals surface area (Å²) in [6, 6.07) is 10.0. The minimum absolute atomic E-state index is 0. The van der Waals surface area contributed by atoms with Crippen molar-refractivity contribution in [2.45, 2.75) is 13.1 Å². The van der Waals surface area contributed by atoms with Gasteiger partial charge >= 0.3 is 0 Å². The Bertz CT molecular complexity index is 624. The highest BCUT2D eigenvalue weighted by molar-refractivity contribution is 14.0. The summed E-state index contributed by atoms with van der Waals surface area (Å²) >= 11 is 0. The van der Waals surface area contributed by atoms with Gasteiger partial charge in [0.1, 0.15) is 5.75 Å². The fraction of sp³-hybridized carbons (Fsp3) is 0.375. The fourth-order valence-corrected chi connectivity index (χ4v) is 2.21. The zero-order valence-corrected chi connectivity index (χ0v) is 16.3. The highest BCUT2D eigenvalue weighted by Gasteiger charge is 2.08. The Kier molecular flexibility index (Phi) is 7.87. The summed E-state index contributed by atoms with van der Waals surface area (Å²) in [6.07, 6.45) is 1.79. The molecule has 0 fully saturated rings. The molecule has 23 heavy (non-hydrogen) atoms. The van der Waals surface area contributed by atoms with Crippen molar-refractivity contribution in [1.29, 1.82) is 0 Å². The van der Waals surface area contributed by atoms with Crippen LogP contribution in [0, 0.1) is 0 Å². The van der Waals surface area contributed by atoms with E-state index < -0.39 is 0 Å². The molecular formula is C16H24IN5O. The van der Waals surface area contributed by atoms with Crippen LogP contribution in [0.3, 0.4) is 0 Å². The molecule has 2 rings (SSSR count). The molecule has 0 aliphatic rings. The van der Waals surface area contributed by atoms with Gasteiger partial charge in [-0.2, -0.15) is 5.10 Å². The number of nitrogens with zero attached hydrogens (tertiary/aromatic N) is 4. The number of rotatable bonds is 5. The molecular weight excluding hydrogens is 405 g/mol. The molecule has 2 aromatic rings. The number of aryl methyl sites for hydroxylation is 1. The molecule has 0 unspecified atom stereocenters. The summed E-state index contributed by atoms with van der Waals surface area (Å²) in [4.78, 5) is 6.41. The van der Waals surface area contributed by atoms with Crippen LogP contribution in [0.5, 0.6) is 5.75 Å². The molecule has 1 N–H and O–H groups in total. The quantitative estimate of drug-likeness (QED) is 0.450. The number of hydrogen-bond donors (Lipinski definition) is 1. The summed E-state index contributed by atoms with van der Waals surface area (Å²) in [5.41, 5.74) is 2.31. The van der Waals surface area contributed by atoms with Gasteiger partial charge in [0.05, 0.1) is 19.3 Å². The van der Waals surface area contributed by atoms with Gasteiger partial charge in [0.15, 0.2) is 5.96 Å². The van der Waals surface area contributed by atoms with Gasteiger partial charge in [0, 0.05) is 33.9 Å². The zero-order chi connectivity index (χ0) is 15.9. The molecule has 1 aromatic heterocycles. The van der Waals surface area contributed by atoms with E-state index in [0.717, 1.165) is 23.9 Å². The molecule has 0 aliphatic heterocycles. The molecule has 0 amide bonds. The molecule has 0 saturated heterocycles. The van der Waals surface area contributed by atoms with E-state index in [1.807, 2.05) is 37.0 Å². The third kappa shape index (κ3) is 5.42. The molecule has 0 atom stereocenters. The van der Waals surface area contributed by atoms with Gasteiger partial charge < -0.3 is 15.0 Å². The molecule has 6 nitrogen and oxygen atoms in total. The van der Waals surface area contributed by atoms with Crippen molar-refractivity contribution in [3.63, 3.8) is 0 Å². The predicted octanol–water partition coefficient (Wildman–Crippen LogP) is 2.25. The zero-order valence-electron chi connectivity index (χ0n) is 14.0. The molecule has 1 aromatic carbocycles. The molecule has 0 bridgehead atoms. The molecule has 0 saturated carbocycles. The Morgan fingerprint density at radius 3 is 2.52 bits per heavy atom. The van der Waals surface area contributed by atoms with Crippen LogP contribution in [0.25, 0.3) is 0 Å². The van der Waals surface area contributed by atoms with Crippen LogP contribution in [0.4, 0.5) is 0 Å². The van der Waals surface area contributed by atoms with Crippen molar-refractivity contribution in [2.75, 3.05) is 21.2 Å². The average molecular weight is 429 g/mol. The van der Waals surface area contributed by atoms with E-state index in [2.05, 4.69) is 32.4 Å². The highest BCUT2D eigenvalue weighted by atomic mass is 127. The molecule has 0 aliphatic carbocycles. The number of hydrogen-bond acceptors (Lipinski definition) is 3. The third-order valence-corrected chi connectivity index (χ3v) is 3.50. The average Bonchev–Trinajstić information content (AvgIpc) is 2.94. The summed E-state index contributed by atoms with van der Waals surface area (Å²) in [7, 11) is 7.41. The van der Waals surface area contributed by atoms with Crippen molar-refractivity contribution < 1.29 is 4.74 Å². The van der Waals surface area contributed by atoms with E-state index in [0.29, 0.717) is 6.54 Å². The largest absolute Gasteiger partial charge is 0.497 e. The SMILES string of the molecule is CN=C(NCc1ccnn1C)N(C)Cc1ccc(OC)cc1.I. The Balaban J connectivity index is 0.00000264.